The molecule has 7 nitrogen and oxygen atoms in total. The molecule has 2 amide bonds. The van der Waals surface area contributed by atoms with Gasteiger partial charge in [0.1, 0.15) is 17.5 Å². The Morgan fingerprint density at radius 2 is 1.67 bits per heavy atom. The molecule has 9 heteroatoms. The first-order valence-corrected chi connectivity index (χ1v) is 12.3. The molecule has 0 fully saturated rings. The quantitative estimate of drug-likeness (QED) is 0.264. The van der Waals surface area contributed by atoms with Gasteiger partial charge >= 0.3 is 0 Å². The number of methoxy groups -OCH3 is 1. The van der Waals surface area contributed by atoms with Crippen LogP contribution in [0.25, 0.3) is 10.8 Å². The van der Waals surface area contributed by atoms with Crippen LogP contribution in [0.15, 0.2) is 59.7 Å². The molecule has 3 aromatic rings. The van der Waals surface area contributed by atoms with Crippen molar-refractivity contribution in [2.75, 3.05) is 7.11 Å². The summed E-state index contributed by atoms with van der Waals surface area (Å²) in [6.45, 7) is 5.51. The highest BCUT2D eigenvalue weighted by Gasteiger charge is 2.25. The van der Waals surface area contributed by atoms with Crippen LogP contribution in [0.4, 0.5) is 0 Å². The number of halogens is 2. The maximum atomic E-state index is 12.9. The Morgan fingerprint density at radius 3 is 2.33 bits per heavy atom. The molecular formula is C27H29Cl2N3O4. The topological polar surface area (TPSA) is 89.0 Å². The van der Waals surface area contributed by atoms with Crippen LogP contribution in [0, 0.1) is 5.92 Å². The molecule has 0 aliphatic rings. The van der Waals surface area contributed by atoms with Crippen molar-refractivity contribution in [2.24, 2.45) is 11.0 Å². The lowest BCUT2D eigenvalue weighted by molar-refractivity contribution is -0.132. The second kappa shape index (κ2) is 12.6. The number of ether oxygens (including phenoxy) is 2. The number of hydrazone groups is 1. The average molecular weight is 530 g/mol. The highest BCUT2D eigenvalue weighted by Crippen LogP contribution is 2.29. The van der Waals surface area contributed by atoms with Gasteiger partial charge in [0, 0.05) is 16.0 Å². The van der Waals surface area contributed by atoms with E-state index < -0.39 is 24.0 Å². The molecule has 190 valence electrons. The minimum absolute atomic E-state index is 0.150. The molecular weight excluding hydrogens is 501 g/mol. The highest BCUT2D eigenvalue weighted by atomic mass is 35.5. The molecule has 3 aromatic carbocycles. The number of fused-ring (bicyclic) bond motifs is 1. The number of nitrogens with one attached hydrogen (secondary N) is 2. The van der Waals surface area contributed by atoms with Crippen molar-refractivity contribution in [1.29, 1.82) is 0 Å². The Labute approximate surface area is 220 Å². The van der Waals surface area contributed by atoms with E-state index in [4.69, 9.17) is 32.7 Å². The highest BCUT2D eigenvalue weighted by molar-refractivity contribution is 6.35. The van der Waals surface area contributed by atoms with Crippen molar-refractivity contribution in [3.05, 3.63) is 70.2 Å². The largest absolute Gasteiger partial charge is 0.496 e. The first kappa shape index (κ1) is 27.3. The van der Waals surface area contributed by atoms with Gasteiger partial charge in [-0.25, -0.2) is 5.43 Å². The van der Waals surface area contributed by atoms with Gasteiger partial charge in [-0.05, 0) is 55.0 Å². The van der Waals surface area contributed by atoms with Gasteiger partial charge in [-0.2, -0.15) is 5.10 Å². The van der Waals surface area contributed by atoms with Crippen LogP contribution in [-0.4, -0.2) is 37.3 Å². The van der Waals surface area contributed by atoms with E-state index in [0.717, 1.165) is 22.1 Å². The molecule has 0 aliphatic carbocycles. The summed E-state index contributed by atoms with van der Waals surface area (Å²) < 4.78 is 11.1. The van der Waals surface area contributed by atoms with Crippen molar-refractivity contribution >= 4 is 52.0 Å². The van der Waals surface area contributed by atoms with Crippen molar-refractivity contribution in [2.45, 2.75) is 39.3 Å². The van der Waals surface area contributed by atoms with E-state index in [2.05, 4.69) is 15.8 Å². The van der Waals surface area contributed by atoms with E-state index in [1.807, 2.05) is 50.2 Å². The van der Waals surface area contributed by atoms with Gasteiger partial charge in [0.15, 0.2) is 6.10 Å². The average Bonchev–Trinajstić information content (AvgIpc) is 2.84. The van der Waals surface area contributed by atoms with Crippen LogP contribution in [0.3, 0.4) is 0 Å². The number of amides is 2. The summed E-state index contributed by atoms with van der Waals surface area (Å²) >= 11 is 12.0. The number of carbonyl (C=O) groups excluding carboxylic acids is 2. The zero-order chi connectivity index (χ0) is 26.2. The lowest BCUT2D eigenvalue weighted by Crippen LogP contribution is -2.49. The Hall–Kier alpha value is -3.29. The fraction of sp³-hybridized carbons (Fsp3) is 0.296. The molecule has 0 bridgehead atoms. The van der Waals surface area contributed by atoms with E-state index in [9.17, 15) is 9.59 Å². The van der Waals surface area contributed by atoms with E-state index in [1.54, 1.807) is 32.4 Å². The standard InChI is InChI=1S/C27H29Cl2N3O4/c1-16(2)13-23(31-26(33)17(3)36-25-12-10-19(28)14-22(25)29)27(34)32-30-15-18-9-11-24(35-4)21-8-6-5-7-20(18)21/h5-12,14-17,23H,13H2,1-4H3,(H,31,33)(H,32,34)/b30-15-/t17-,23-/m0/s1. The SMILES string of the molecule is COc1ccc(/C=N\NC(=O)[C@H](CC(C)C)NC(=O)[C@H](C)Oc2ccc(Cl)cc2Cl)c2ccccc12. The summed E-state index contributed by atoms with van der Waals surface area (Å²) in [4.78, 5) is 25.7. The first-order chi connectivity index (χ1) is 17.2. The fourth-order valence-corrected chi connectivity index (χ4v) is 4.09. The summed E-state index contributed by atoms with van der Waals surface area (Å²) in [5, 5.41) is 9.52. The summed E-state index contributed by atoms with van der Waals surface area (Å²) in [5.41, 5.74) is 3.36. The summed E-state index contributed by atoms with van der Waals surface area (Å²) in [6, 6.07) is 15.4. The van der Waals surface area contributed by atoms with Crippen molar-refractivity contribution in [1.82, 2.24) is 10.7 Å². The van der Waals surface area contributed by atoms with Crippen LogP contribution in [0.2, 0.25) is 10.0 Å². The second-order valence-electron chi connectivity index (χ2n) is 8.66. The molecule has 0 saturated heterocycles. The number of benzene rings is 3. The smallest absolute Gasteiger partial charge is 0.262 e. The monoisotopic (exact) mass is 529 g/mol. The van der Waals surface area contributed by atoms with Crippen LogP contribution < -0.4 is 20.2 Å². The first-order valence-electron chi connectivity index (χ1n) is 11.5. The molecule has 0 radical (unpaired) electrons. The van der Waals surface area contributed by atoms with Crippen LogP contribution in [0.5, 0.6) is 11.5 Å². The third-order valence-electron chi connectivity index (χ3n) is 5.42. The molecule has 0 heterocycles. The van der Waals surface area contributed by atoms with Gasteiger partial charge in [0.25, 0.3) is 11.8 Å². The van der Waals surface area contributed by atoms with Crippen LogP contribution in [-0.2, 0) is 9.59 Å². The number of carbonyl (C=O) groups is 2. The predicted molar refractivity (Wildman–Crippen MR) is 144 cm³/mol. The van der Waals surface area contributed by atoms with Gasteiger partial charge in [-0.15, -0.1) is 0 Å². The van der Waals surface area contributed by atoms with Gasteiger partial charge in [-0.3, -0.25) is 9.59 Å². The van der Waals surface area contributed by atoms with Gasteiger partial charge in [0.2, 0.25) is 0 Å². The molecule has 3 rings (SSSR count). The van der Waals surface area contributed by atoms with Crippen LogP contribution in [0.1, 0.15) is 32.8 Å². The van der Waals surface area contributed by atoms with E-state index >= 15 is 0 Å². The summed E-state index contributed by atoms with van der Waals surface area (Å²) in [5.74, 6) is 0.347. The van der Waals surface area contributed by atoms with Gasteiger partial charge in [-0.1, -0.05) is 61.3 Å². The molecule has 0 aliphatic heterocycles. The van der Waals surface area contributed by atoms with Crippen LogP contribution >= 0.6 is 23.2 Å². The van der Waals surface area contributed by atoms with Crippen molar-refractivity contribution < 1.29 is 19.1 Å². The zero-order valence-electron chi connectivity index (χ0n) is 20.5. The summed E-state index contributed by atoms with van der Waals surface area (Å²) in [7, 11) is 1.62. The van der Waals surface area contributed by atoms with E-state index in [-0.39, 0.29) is 5.92 Å². The molecule has 0 saturated carbocycles. The number of hydrogen-bond acceptors (Lipinski definition) is 5. The second-order valence-corrected chi connectivity index (χ2v) is 9.51. The minimum Gasteiger partial charge on any atom is -0.496 e. The third-order valence-corrected chi connectivity index (χ3v) is 5.95. The third kappa shape index (κ3) is 7.12. The Bertz CT molecular complexity index is 1260. The Balaban J connectivity index is 1.68. The van der Waals surface area contributed by atoms with Crippen molar-refractivity contribution in [3.8, 4) is 11.5 Å². The summed E-state index contributed by atoms with van der Waals surface area (Å²) in [6.07, 6.45) is 1.11. The molecule has 36 heavy (non-hydrogen) atoms. The van der Waals surface area contributed by atoms with E-state index in [0.29, 0.717) is 22.2 Å². The lowest BCUT2D eigenvalue weighted by Gasteiger charge is -2.22. The van der Waals surface area contributed by atoms with Gasteiger partial charge in [0.05, 0.1) is 18.3 Å². The van der Waals surface area contributed by atoms with E-state index in [1.165, 1.54) is 6.07 Å². The predicted octanol–water partition coefficient (Wildman–Crippen LogP) is 5.60. The maximum absolute atomic E-state index is 12.9. The Morgan fingerprint density at radius 1 is 0.972 bits per heavy atom. The number of rotatable bonds is 10. The Kier molecular flexibility index (Phi) is 9.56. The molecule has 2 N–H and O–H groups in total. The van der Waals surface area contributed by atoms with Crippen molar-refractivity contribution in [3.63, 3.8) is 0 Å². The molecule has 2 atom stereocenters. The lowest BCUT2D eigenvalue weighted by atomic mass is 10.0. The maximum Gasteiger partial charge on any atom is 0.262 e. The molecule has 0 spiro atoms. The number of hydrogen-bond donors (Lipinski definition) is 2. The molecule has 0 unspecified atom stereocenters. The fourth-order valence-electron chi connectivity index (χ4n) is 3.64. The zero-order valence-corrected chi connectivity index (χ0v) is 22.1. The normalized spacial score (nSPS) is 13.0. The van der Waals surface area contributed by atoms with Gasteiger partial charge < -0.3 is 14.8 Å². The molecule has 0 aromatic heterocycles. The number of nitrogens with zero attached hydrogens (tertiary/aromatic N) is 1. The minimum atomic E-state index is -0.889.